The molecule has 0 unspecified atom stereocenters. The van der Waals surface area contributed by atoms with Crippen LogP contribution >= 0.6 is 23.4 Å². The summed E-state index contributed by atoms with van der Waals surface area (Å²) in [5, 5.41) is 15.1. The largest absolute Gasteiger partial charge is 0.300 e. The van der Waals surface area contributed by atoms with Crippen molar-refractivity contribution < 1.29 is 0 Å². The summed E-state index contributed by atoms with van der Waals surface area (Å²) in [7, 11) is 0. The molecule has 0 bridgehead atoms. The fraction of sp³-hybridized carbons (Fsp3) is 0.105. The molecule has 6 nitrogen and oxygen atoms in total. The topological polar surface area (TPSA) is 83.9 Å². The highest BCUT2D eigenvalue weighted by Crippen LogP contribution is 2.26. The van der Waals surface area contributed by atoms with Gasteiger partial charge in [-0.1, -0.05) is 53.2 Å². The van der Waals surface area contributed by atoms with Crippen molar-refractivity contribution in [2.75, 3.05) is 5.75 Å². The summed E-state index contributed by atoms with van der Waals surface area (Å²) in [4.78, 5) is 21.5. The average molecular weight is 394 g/mol. The summed E-state index contributed by atoms with van der Waals surface area (Å²) in [5.74, 6) is 0.203. The number of aromatic nitrogens is 4. The van der Waals surface area contributed by atoms with Gasteiger partial charge in [-0.3, -0.25) is 4.79 Å². The van der Waals surface area contributed by atoms with E-state index in [2.05, 4.69) is 21.1 Å². The van der Waals surface area contributed by atoms with Gasteiger partial charge in [-0.15, -0.1) is 0 Å². The molecule has 0 saturated heterocycles. The van der Waals surface area contributed by atoms with E-state index in [9.17, 15) is 4.79 Å². The van der Waals surface area contributed by atoms with Crippen molar-refractivity contribution in [3.05, 3.63) is 63.4 Å². The number of thioether (sulfide) groups is 1. The van der Waals surface area contributed by atoms with Crippen LogP contribution in [0.1, 0.15) is 5.56 Å². The molecule has 0 aliphatic carbocycles. The lowest BCUT2D eigenvalue weighted by atomic mass is 10.1. The maximum absolute atomic E-state index is 12.7. The molecule has 0 fully saturated rings. The Morgan fingerprint density at radius 2 is 1.96 bits per heavy atom. The molecular formula is C19H12ClN5OS. The Kier molecular flexibility index (Phi) is 4.52. The summed E-state index contributed by atoms with van der Waals surface area (Å²) < 4.78 is 1.51. The number of halogens is 1. The summed E-state index contributed by atoms with van der Waals surface area (Å²) in [6, 6.07) is 14.8. The minimum Gasteiger partial charge on any atom is -0.265 e. The van der Waals surface area contributed by atoms with E-state index in [1.807, 2.05) is 31.2 Å². The minimum absolute atomic E-state index is 0.203. The average Bonchev–Trinajstić information content (AvgIpc) is 2.67. The first-order chi connectivity index (χ1) is 13.1. The fourth-order valence-electron chi connectivity index (χ4n) is 2.71. The third-order valence-electron chi connectivity index (χ3n) is 4.00. The molecule has 8 heteroatoms. The number of nitrogens with zero attached hydrogens (tertiary/aromatic N) is 5. The lowest BCUT2D eigenvalue weighted by molar-refractivity contribution is 0.770. The van der Waals surface area contributed by atoms with Gasteiger partial charge in [0, 0.05) is 16.0 Å². The number of benzene rings is 2. The number of nitriles is 1. The third kappa shape index (κ3) is 3.25. The predicted molar refractivity (Wildman–Crippen MR) is 106 cm³/mol. The molecule has 0 saturated carbocycles. The van der Waals surface area contributed by atoms with Gasteiger partial charge in [0.1, 0.15) is 0 Å². The molecule has 27 heavy (non-hydrogen) atoms. The molecule has 0 aliphatic heterocycles. The summed E-state index contributed by atoms with van der Waals surface area (Å²) in [6.45, 7) is 1.97. The van der Waals surface area contributed by atoms with Gasteiger partial charge in [-0.05, 0) is 25.1 Å². The second-order valence-corrected chi connectivity index (χ2v) is 7.25. The molecule has 0 amide bonds. The number of fused-ring (bicyclic) bond motifs is 3. The van der Waals surface area contributed by atoms with E-state index in [0.29, 0.717) is 32.3 Å². The van der Waals surface area contributed by atoms with Gasteiger partial charge < -0.3 is 0 Å². The van der Waals surface area contributed by atoms with Gasteiger partial charge >= 0.3 is 0 Å². The highest BCUT2D eigenvalue weighted by atomic mass is 35.5. The highest BCUT2D eigenvalue weighted by molar-refractivity contribution is 7.99. The summed E-state index contributed by atoms with van der Waals surface area (Å²) >= 11 is 7.35. The molecule has 0 radical (unpaired) electrons. The first kappa shape index (κ1) is 17.5. The molecule has 0 atom stereocenters. The van der Waals surface area contributed by atoms with Crippen molar-refractivity contribution in [3.63, 3.8) is 0 Å². The Bertz CT molecular complexity index is 1280. The van der Waals surface area contributed by atoms with E-state index >= 15 is 0 Å². The maximum Gasteiger partial charge on any atom is 0.300 e. The van der Waals surface area contributed by atoms with Gasteiger partial charge in [-0.2, -0.15) is 19.9 Å². The second-order valence-electron chi connectivity index (χ2n) is 5.87. The Labute approximate surface area is 163 Å². The van der Waals surface area contributed by atoms with E-state index in [1.165, 1.54) is 16.3 Å². The van der Waals surface area contributed by atoms with Crippen LogP contribution in [0.4, 0.5) is 0 Å². The molecular weight excluding hydrogens is 382 g/mol. The van der Waals surface area contributed by atoms with E-state index < -0.39 is 5.56 Å². The van der Waals surface area contributed by atoms with Gasteiger partial charge in [0.15, 0.2) is 16.5 Å². The monoisotopic (exact) mass is 393 g/mol. The smallest absolute Gasteiger partial charge is 0.265 e. The molecule has 4 aromatic rings. The summed E-state index contributed by atoms with van der Waals surface area (Å²) in [6.07, 6.45) is 0. The van der Waals surface area contributed by atoms with E-state index in [-0.39, 0.29) is 11.4 Å². The molecule has 2 aromatic heterocycles. The van der Waals surface area contributed by atoms with Gasteiger partial charge in [0.25, 0.3) is 5.56 Å². The van der Waals surface area contributed by atoms with Crippen LogP contribution in [0.25, 0.3) is 27.8 Å². The van der Waals surface area contributed by atoms with Crippen molar-refractivity contribution >= 4 is 39.9 Å². The normalized spacial score (nSPS) is 11.0. The van der Waals surface area contributed by atoms with Crippen LogP contribution in [0, 0.1) is 18.3 Å². The number of aryl methyl sites for hydroxylation is 1. The number of rotatable bonds is 3. The number of hydrogen-bond acceptors (Lipinski definition) is 6. The van der Waals surface area contributed by atoms with Crippen LogP contribution in [-0.2, 0) is 0 Å². The van der Waals surface area contributed by atoms with Crippen LogP contribution in [0.2, 0.25) is 5.02 Å². The molecule has 0 spiro atoms. The molecule has 0 N–H and O–H groups in total. The first-order valence-corrected chi connectivity index (χ1v) is 9.40. The van der Waals surface area contributed by atoms with Crippen LogP contribution in [0.5, 0.6) is 0 Å². The van der Waals surface area contributed by atoms with Crippen molar-refractivity contribution in [2.45, 2.75) is 12.1 Å². The van der Waals surface area contributed by atoms with E-state index in [1.54, 1.807) is 18.2 Å². The van der Waals surface area contributed by atoms with Crippen molar-refractivity contribution in [2.24, 2.45) is 0 Å². The molecule has 132 valence electrons. The zero-order chi connectivity index (χ0) is 19.0. The van der Waals surface area contributed by atoms with Crippen LogP contribution in [0.3, 0.4) is 0 Å². The van der Waals surface area contributed by atoms with Crippen molar-refractivity contribution in [1.29, 1.82) is 5.26 Å². The van der Waals surface area contributed by atoms with E-state index in [0.717, 1.165) is 5.56 Å². The minimum atomic E-state index is -0.428. The Hall–Kier alpha value is -2.95. The Morgan fingerprint density at radius 3 is 2.70 bits per heavy atom. The van der Waals surface area contributed by atoms with E-state index in [4.69, 9.17) is 16.9 Å². The van der Waals surface area contributed by atoms with Gasteiger partial charge in [0.05, 0.1) is 17.3 Å². The molecule has 4 rings (SSSR count). The first-order valence-electron chi connectivity index (χ1n) is 8.04. The quantitative estimate of drug-likeness (QED) is 0.298. The molecule has 0 aliphatic rings. The lowest BCUT2D eigenvalue weighted by Crippen LogP contribution is -2.17. The maximum atomic E-state index is 12.7. The SMILES string of the molecule is Cc1ccc(-c2nn3c(SCC#N)nc4ccc(Cl)cc4c3nc2=O)cc1. The third-order valence-corrected chi connectivity index (χ3v) is 5.03. The number of hydrogen-bond donors (Lipinski definition) is 0. The zero-order valence-corrected chi connectivity index (χ0v) is 15.8. The van der Waals surface area contributed by atoms with Gasteiger partial charge in [0.2, 0.25) is 0 Å². The predicted octanol–water partition coefficient (Wildman–Crippen LogP) is 3.88. The zero-order valence-electron chi connectivity index (χ0n) is 14.2. The van der Waals surface area contributed by atoms with Gasteiger partial charge in [-0.25, -0.2) is 4.98 Å². The Morgan fingerprint density at radius 1 is 1.19 bits per heavy atom. The lowest BCUT2D eigenvalue weighted by Gasteiger charge is -2.10. The van der Waals surface area contributed by atoms with Crippen LogP contribution in [0.15, 0.2) is 52.4 Å². The fourth-order valence-corrected chi connectivity index (χ4v) is 3.49. The Balaban J connectivity index is 2.06. The van der Waals surface area contributed by atoms with Crippen LogP contribution < -0.4 is 5.56 Å². The molecule has 2 heterocycles. The van der Waals surface area contributed by atoms with Crippen molar-refractivity contribution in [3.8, 4) is 17.3 Å². The van der Waals surface area contributed by atoms with Crippen molar-refractivity contribution in [1.82, 2.24) is 19.6 Å². The van der Waals surface area contributed by atoms with Crippen LogP contribution in [-0.4, -0.2) is 25.3 Å². The standard InChI is InChI=1S/C19H12ClN5OS/c1-11-2-4-12(5-3-11)16-18(26)23-17-14-10-13(20)6-7-15(14)22-19(25(17)24-16)27-9-8-21/h2-7,10H,9H2,1H3. The molecule has 2 aromatic carbocycles. The second kappa shape index (κ2) is 6.99. The highest BCUT2D eigenvalue weighted by Gasteiger charge is 2.15. The summed E-state index contributed by atoms with van der Waals surface area (Å²) in [5.41, 5.74) is 2.56.